The Balaban J connectivity index is 1.69. The molecule has 0 spiro atoms. The normalized spacial score (nSPS) is 25.7. The van der Waals surface area contributed by atoms with E-state index in [2.05, 4.69) is 4.98 Å². The van der Waals surface area contributed by atoms with Crippen molar-refractivity contribution in [3.05, 3.63) is 69.0 Å². The molecule has 0 aliphatic carbocycles. The Bertz CT molecular complexity index is 865. The third-order valence-corrected chi connectivity index (χ3v) is 4.28. The Kier molecular flexibility index (Phi) is 5.03. The van der Waals surface area contributed by atoms with Crippen molar-refractivity contribution < 1.29 is 19.4 Å². The number of ether oxygens (including phenoxy) is 2. The molecule has 0 unspecified atom stereocenters. The summed E-state index contributed by atoms with van der Waals surface area (Å²) in [4.78, 5) is 37.0. The van der Waals surface area contributed by atoms with Gasteiger partial charge in [-0.05, 0) is 12.1 Å². The first-order chi connectivity index (χ1) is 12.0. The van der Waals surface area contributed by atoms with Crippen molar-refractivity contribution in [3.63, 3.8) is 0 Å². The van der Waals surface area contributed by atoms with Crippen LogP contribution in [0.1, 0.15) is 16.6 Å². The third kappa shape index (κ3) is 3.65. The van der Waals surface area contributed by atoms with E-state index in [0.717, 1.165) is 10.6 Å². The molecular weight excluding hydrogens is 352 g/mol. The van der Waals surface area contributed by atoms with E-state index in [9.17, 15) is 19.5 Å². The lowest BCUT2D eigenvalue weighted by molar-refractivity contribution is -0.0530. The summed E-state index contributed by atoms with van der Waals surface area (Å²) >= 11 is 6.13. The van der Waals surface area contributed by atoms with Crippen molar-refractivity contribution in [3.8, 4) is 0 Å². The predicted molar refractivity (Wildman–Crippen MR) is 87.6 cm³/mol. The number of aromatic amines is 1. The second-order valence-corrected chi connectivity index (χ2v) is 5.99. The van der Waals surface area contributed by atoms with Gasteiger partial charge in [0.25, 0.3) is 5.56 Å². The highest BCUT2D eigenvalue weighted by Gasteiger charge is 2.44. The van der Waals surface area contributed by atoms with Gasteiger partial charge in [0, 0.05) is 12.3 Å². The van der Waals surface area contributed by atoms with Gasteiger partial charge in [-0.2, -0.15) is 0 Å². The molecule has 4 atom stereocenters. The van der Waals surface area contributed by atoms with E-state index in [1.54, 1.807) is 30.3 Å². The van der Waals surface area contributed by atoms with Crippen LogP contribution >= 0.6 is 11.6 Å². The molecule has 1 aliphatic heterocycles. The molecule has 1 aromatic heterocycles. The number of nitrogens with one attached hydrogen (secondary N) is 1. The standard InChI is InChI=1S/C16H15ClN2O6/c17-12-13(21)10(8-24-15(22)9-4-2-1-3-5-9)25-14(12)19-7-6-11(20)18-16(19)23/h1-7,10,12-14,21H,8H2,(H,18,20,23)/t10-,12-,13-,14-/m0/s1. The van der Waals surface area contributed by atoms with Crippen LogP contribution in [0.4, 0.5) is 0 Å². The van der Waals surface area contributed by atoms with Crippen LogP contribution in [0.25, 0.3) is 0 Å². The lowest BCUT2D eigenvalue weighted by Crippen LogP contribution is -2.35. The lowest BCUT2D eigenvalue weighted by Gasteiger charge is -2.16. The Hall–Kier alpha value is -2.42. The average molecular weight is 367 g/mol. The molecule has 8 nitrogen and oxygen atoms in total. The maximum absolute atomic E-state index is 11.9. The zero-order valence-corrected chi connectivity index (χ0v) is 13.6. The van der Waals surface area contributed by atoms with E-state index >= 15 is 0 Å². The first-order valence-electron chi connectivity index (χ1n) is 7.48. The highest BCUT2D eigenvalue weighted by atomic mass is 35.5. The summed E-state index contributed by atoms with van der Waals surface area (Å²) in [5.41, 5.74) is -0.901. The molecule has 2 heterocycles. The van der Waals surface area contributed by atoms with Gasteiger partial charge in [-0.25, -0.2) is 9.59 Å². The molecule has 3 rings (SSSR count). The number of aliphatic hydroxyl groups is 1. The average Bonchev–Trinajstić information content (AvgIpc) is 2.89. The number of carbonyl (C=O) groups excluding carboxylic acids is 1. The molecule has 0 radical (unpaired) electrons. The molecule has 0 saturated carbocycles. The molecule has 1 aromatic carbocycles. The van der Waals surface area contributed by atoms with Crippen molar-refractivity contribution in [1.82, 2.24) is 9.55 Å². The summed E-state index contributed by atoms with van der Waals surface area (Å²) in [6.07, 6.45) is -1.83. The molecule has 1 saturated heterocycles. The van der Waals surface area contributed by atoms with Crippen LogP contribution < -0.4 is 11.2 Å². The van der Waals surface area contributed by atoms with Gasteiger partial charge in [-0.15, -0.1) is 11.6 Å². The first kappa shape index (κ1) is 17.4. The van der Waals surface area contributed by atoms with Crippen molar-refractivity contribution in [2.75, 3.05) is 6.61 Å². The molecule has 132 valence electrons. The number of hydrogen-bond acceptors (Lipinski definition) is 6. The number of alkyl halides is 1. The number of aliphatic hydroxyl groups excluding tert-OH is 1. The molecule has 2 N–H and O–H groups in total. The topological polar surface area (TPSA) is 111 Å². The van der Waals surface area contributed by atoms with Gasteiger partial charge in [-0.1, -0.05) is 18.2 Å². The Morgan fingerprint density at radius 2 is 2.00 bits per heavy atom. The number of H-pyrrole nitrogens is 1. The zero-order valence-electron chi connectivity index (χ0n) is 12.9. The highest BCUT2D eigenvalue weighted by molar-refractivity contribution is 6.21. The summed E-state index contributed by atoms with van der Waals surface area (Å²) in [7, 11) is 0. The molecule has 25 heavy (non-hydrogen) atoms. The number of carbonyl (C=O) groups is 1. The SMILES string of the molecule is O=C(OC[C@@H]1O[C@H](n2ccc(=O)[nH]c2=O)[C@@H](Cl)[C@H]1O)c1ccccc1. The highest BCUT2D eigenvalue weighted by Crippen LogP contribution is 2.32. The van der Waals surface area contributed by atoms with Gasteiger partial charge in [0.05, 0.1) is 5.56 Å². The number of nitrogens with zero attached hydrogens (tertiary/aromatic N) is 1. The van der Waals surface area contributed by atoms with Gasteiger partial charge in [0.15, 0.2) is 6.23 Å². The number of rotatable bonds is 4. The lowest BCUT2D eigenvalue weighted by atomic mass is 10.2. The number of esters is 1. The molecule has 1 aliphatic rings. The van der Waals surface area contributed by atoms with Crippen LogP contribution in [-0.4, -0.2) is 44.8 Å². The second-order valence-electron chi connectivity index (χ2n) is 5.48. The fourth-order valence-corrected chi connectivity index (χ4v) is 2.85. The van der Waals surface area contributed by atoms with E-state index in [4.69, 9.17) is 21.1 Å². The van der Waals surface area contributed by atoms with Crippen LogP contribution in [0.15, 0.2) is 52.2 Å². The van der Waals surface area contributed by atoms with Crippen molar-refractivity contribution in [2.24, 2.45) is 0 Å². The second kappa shape index (κ2) is 7.22. The van der Waals surface area contributed by atoms with Crippen molar-refractivity contribution in [1.29, 1.82) is 0 Å². The Morgan fingerprint density at radius 1 is 1.28 bits per heavy atom. The smallest absolute Gasteiger partial charge is 0.338 e. The van der Waals surface area contributed by atoms with Gasteiger partial charge >= 0.3 is 11.7 Å². The maximum Gasteiger partial charge on any atom is 0.338 e. The van der Waals surface area contributed by atoms with Gasteiger partial charge in [-0.3, -0.25) is 14.3 Å². The van der Waals surface area contributed by atoms with E-state index in [1.807, 2.05) is 0 Å². The molecule has 1 fully saturated rings. The minimum atomic E-state index is -1.16. The van der Waals surface area contributed by atoms with E-state index in [1.165, 1.54) is 6.20 Å². The summed E-state index contributed by atoms with van der Waals surface area (Å²) in [6, 6.07) is 9.51. The quantitative estimate of drug-likeness (QED) is 0.593. The molecule has 0 bridgehead atoms. The summed E-state index contributed by atoms with van der Waals surface area (Å²) in [6.45, 7) is -0.229. The number of halogens is 1. The van der Waals surface area contributed by atoms with Gasteiger partial charge < -0.3 is 14.6 Å². The third-order valence-electron chi connectivity index (χ3n) is 3.81. The predicted octanol–water partition coefficient (Wildman–Crippen LogP) is 0.259. The van der Waals surface area contributed by atoms with Crippen LogP contribution in [0.3, 0.4) is 0 Å². The molecule has 9 heteroatoms. The minimum absolute atomic E-state index is 0.229. The maximum atomic E-state index is 11.9. The van der Waals surface area contributed by atoms with E-state index in [0.29, 0.717) is 5.56 Å². The van der Waals surface area contributed by atoms with Gasteiger partial charge in [0.1, 0.15) is 24.2 Å². The summed E-state index contributed by atoms with van der Waals surface area (Å²) in [5.74, 6) is -0.563. The minimum Gasteiger partial charge on any atom is -0.459 e. The zero-order chi connectivity index (χ0) is 18.0. The molecule has 2 aromatic rings. The van der Waals surface area contributed by atoms with Crippen LogP contribution in [0.2, 0.25) is 0 Å². The fourth-order valence-electron chi connectivity index (χ4n) is 2.51. The fraction of sp³-hybridized carbons (Fsp3) is 0.312. The Morgan fingerprint density at radius 3 is 2.68 bits per heavy atom. The van der Waals surface area contributed by atoms with Crippen molar-refractivity contribution >= 4 is 17.6 Å². The summed E-state index contributed by atoms with van der Waals surface area (Å²) < 4.78 is 11.8. The largest absolute Gasteiger partial charge is 0.459 e. The summed E-state index contributed by atoms with van der Waals surface area (Å²) in [5, 5.41) is 9.23. The monoisotopic (exact) mass is 366 g/mol. The number of benzene rings is 1. The van der Waals surface area contributed by atoms with E-state index in [-0.39, 0.29) is 6.61 Å². The Labute approximate surface area is 146 Å². The number of hydrogen-bond donors (Lipinski definition) is 2. The van der Waals surface area contributed by atoms with Crippen molar-refractivity contribution in [2.45, 2.75) is 23.8 Å². The van der Waals surface area contributed by atoms with Gasteiger partial charge in [0.2, 0.25) is 0 Å². The van der Waals surface area contributed by atoms with Crippen LogP contribution in [0.5, 0.6) is 0 Å². The number of aromatic nitrogens is 2. The van der Waals surface area contributed by atoms with Crippen LogP contribution in [-0.2, 0) is 9.47 Å². The molecule has 0 amide bonds. The van der Waals surface area contributed by atoms with Crippen LogP contribution in [0, 0.1) is 0 Å². The molecular formula is C16H15ClN2O6. The van der Waals surface area contributed by atoms with E-state index < -0.39 is 41.0 Å². The first-order valence-corrected chi connectivity index (χ1v) is 7.92.